The van der Waals surface area contributed by atoms with Gasteiger partial charge in [-0.15, -0.1) is 0 Å². The van der Waals surface area contributed by atoms with E-state index in [0.717, 1.165) is 38.1 Å². The van der Waals surface area contributed by atoms with Gasteiger partial charge < -0.3 is 10.1 Å². The number of benzene rings is 3. The summed E-state index contributed by atoms with van der Waals surface area (Å²) in [5, 5.41) is 3.53. The van der Waals surface area contributed by atoms with Crippen molar-refractivity contribution in [3.05, 3.63) is 102 Å². The van der Waals surface area contributed by atoms with Crippen LogP contribution in [0.25, 0.3) is 0 Å². The van der Waals surface area contributed by atoms with E-state index >= 15 is 0 Å². The first-order valence-electron chi connectivity index (χ1n) is 9.40. The smallest absolute Gasteiger partial charge is 0.119 e. The predicted molar refractivity (Wildman–Crippen MR) is 109 cm³/mol. The van der Waals surface area contributed by atoms with Gasteiger partial charge in [0, 0.05) is 13.0 Å². The van der Waals surface area contributed by atoms with E-state index in [0.29, 0.717) is 6.61 Å². The van der Waals surface area contributed by atoms with Crippen molar-refractivity contribution in [2.75, 3.05) is 13.2 Å². The summed E-state index contributed by atoms with van der Waals surface area (Å²) in [4.78, 5) is 0. The maximum atomic E-state index is 5.91. The molecule has 0 aliphatic carbocycles. The van der Waals surface area contributed by atoms with Crippen molar-refractivity contribution in [3.8, 4) is 5.75 Å². The van der Waals surface area contributed by atoms with Crippen molar-refractivity contribution in [1.82, 2.24) is 5.32 Å². The highest BCUT2D eigenvalue weighted by Gasteiger charge is 1.99. The summed E-state index contributed by atoms with van der Waals surface area (Å²) in [6.45, 7) is 2.61. The zero-order valence-corrected chi connectivity index (χ0v) is 15.2. The molecule has 0 saturated carbocycles. The number of hydrogen-bond donors (Lipinski definition) is 1. The van der Waals surface area contributed by atoms with Crippen molar-refractivity contribution >= 4 is 0 Å². The minimum Gasteiger partial charge on any atom is -0.493 e. The molecule has 0 radical (unpaired) electrons. The summed E-state index contributed by atoms with van der Waals surface area (Å²) in [6.07, 6.45) is 3.20. The standard InChI is InChI=1S/C24H27NO/c1-3-9-21(10-4-1)14-8-17-25-20-23-13-7-15-24(19-23)26-18-16-22-11-5-2-6-12-22/h1-7,9-13,15,19,25H,8,14,16-18,20H2. The van der Waals surface area contributed by atoms with E-state index in [4.69, 9.17) is 4.74 Å². The van der Waals surface area contributed by atoms with Gasteiger partial charge in [0.1, 0.15) is 5.75 Å². The molecule has 0 spiro atoms. The van der Waals surface area contributed by atoms with Crippen LogP contribution in [0.3, 0.4) is 0 Å². The second-order valence-electron chi connectivity index (χ2n) is 6.50. The summed E-state index contributed by atoms with van der Waals surface area (Å²) in [5.74, 6) is 0.949. The molecule has 0 aliphatic heterocycles. The van der Waals surface area contributed by atoms with Crippen LogP contribution < -0.4 is 10.1 Å². The Hall–Kier alpha value is -2.58. The lowest BCUT2D eigenvalue weighted by Crippen LogP contribution is -2.15. The summed E-state index contributed by atoms with van der Waals surface area (Å²) >= 11 is 0. The van der Waals surface area contributed by atoms with Crippen LogP contribution in [0.1, 0.15) is 23.1 Å². The molecule has 0 amide bonds. The van der Waals surface area contributed by atoms with E-state index in [9.17, 15) is 0 Å². The van der Waals surface area contributed by atoms with Crippen LogP contribution in [-0.4, -0.2) is 13.2 Å². The highest BCUT2D eigenvalue weighted by Crippen LogP contribution is 2.14. The van der Waals surface area contributed by atoms with Crippen LogP contribution in [0, 0.1) is 0 Å². The predicted octanol–water partition coefficient (Wildman–Crippen LogP) is 5.03. The van der Waals surface area contributed by atoms with Crippen LogP contribution in [0.15, 0.2) is 84.9 Å². The summed E-state index contributed by atoms with van der Waals surface area (Å²) in [7, 11) is 0. The van der Waals surface area contributed by atoms with Crippen molar-refractivity contribution in [3.63, 3.8) is 0 Å². The summed E-state index contributed by atoms with van der Waals surface area (Å²) in [5.41, 5.74) is 3.98. The fourth-order valence-corrected chi connectivity index (χ4v) is 2.97. The van der Waals surface area contributed by atoms with Crippen LogP contribution in [0.4, 0.5) is 0 Å². The van der Waals surface area contributed by atoms with Gasteiger partial charge in [0.15, 0.2) is 0 Å². The Morgan fingerprint density at radius 1 is 0.654 bits per heavy atom. The Bertz CT molecular complexity index is 755. The molecule has 3 aromatic rings. The van der Waals surface area contributed by atoms with E-state index < -0.39 is 0 Å². The third-order valence-electron chi connectivity index (χ3n) is 4.39. The lowest BCUT2D eigenvalue weighted by molar-refractivity contribution is 0.321. The van der Waals surface area contributed by atoms with E-state index in [2.05, 4.69) is 78.1 Å². The molecule has 0 bridgehead atoms. The molecule has 0 aliphatic rings. The van der Waals surface area contributed by atoms with Gasteiger partial charge in [0.25, 0.3) is 0 Å². The van der Waals surface area contributed by atoms with Gasteiger partial charge in [-0.2, -0.15) is 0 Å². The van der Waals surface area contributed by atoms with Gasteiger partial charge in [-0.3, -0.25) is 0 Å². The Kier molecular flexibility index (Phi) is 7.30. The Labute approximate surface area is 156 Å². The maximum absolute atomic E-state index is 5.91. The van der Waals surface area contributed by atoms with Gasteiger partial charge in [-0.05, 0) is 48.2 Å². The molecule has 2 heteroatoms. The molecule has 0 saturated heterocycles. The van der Waals surface area contributed by atoms with Crippen LogP contribution in [0.5, 0.6) is 5.75 Å². The first-order chi connectivity index (χ1) is 12.9. The fourth-order valence-electron chi connectivity index (χ4n) is 2.97. The molecule has 3 aromatic carbocycles. The highest BCUT2D eigenvalue weighted by atomic mass is 16.5. The normalized spacial score (nSPS) is 10.6. The molecule has 2 nitrogen and oxygen atoms in total. The molecule has 0 fully saturated rings. The van der Waals surface area contributed by atoms with Gasteiger partial charge >= 0.3 is 0 Å². The van der Waals surface area contributed by atoms with Gasteiger partial charge in [0.05, 0.1) is 6.61 Å². The third kappa shape index (κ3) is 6.38. The van der Waals surface area contributed by atoms with E-state index in [-0.39, 0.29) is 0 Å². The Morgan fingerprint density at radius 3 is 2.04 bits per heavy atom. The second kappa shape index (κ2) is 10.4. The number of aryl methyl sites for hydroxylation is 1. The molecular formula is C24H27NO. The maximum Gasteiger partial charge on any atom is 0.119 e. The summed E-state index contributed by atoms with van der Waals surface area (Å²) < 4.78 is 5.91. The Morgan fingerprint density at radius 2 is 1.31 bits per heavy atom. The molecule has 3 rings (SSSR count). The monoisotopic (exact) mass is 345 g/mol. The quantitative estimate of drug-likeness (QED) is 0.520. The second-order valence-corrected chi connectivity index (χ2v) is 6.50. The average Bonchev–Trinajstić information content (AvgIpc) is 2.70. The minimum atomic E-state index is 0.706. The molecule has 0 aromatic heterocycles. The number of hydrogen-bond acceptors (Lipinski definition) is 2. The van der Waals surface area contributed by atoms with Gasteiger partial charge in [-0.25, -0.2) is 0 Å². The lowest BCUT2D eigenvalue weighted by atomic mass is 10.1. The topological polar surface area (TPSA) is 21.3 Å². The Balaban J connectivity index is 1.35. The van der Waals surface area contributed by atoms with E-state index in [1.54, 1.807) is 0 Å². The molecule has 26 heavy (non-hydrogen) atoms. The SMILES string of the molecule is c1ccc(CCCNCc2cccc(OCCc3ccccc3)c2)cc1. The van der Waals surface area contributed by atoms with Crippen molar-refractivity contribution < 1.29 is 4.74 Å². The minimum absolute atomic E-state index is 0.706. The average molecular weight is 345 g/mol. The molecule has 0 unspecified atom stereocenters. The van der Waals surface area contributed by atoms with Crippen molar-refractivity contribution in [1.29, 1.82) is 0 Å². The molecule has 0 atom stereocenters. The summed E-state index contributed by atoms with van der Waals surface area (Å²) in [6, 6.07) is 29.5. The van der Waals surface area contributed by atoms with Crippen LogP contribution in [-0.2, 0) is 19.4 Å². The molecule has 0 heterocycles. The lowest BCUT2D eigenvalue weighted by Gasteiger charge is -2.09. The number of ether oxygens (including phenoxy) is 1. The molecule has 1 N–H and O–H groups in total. The fraction of sp³-hybridized carbons (Fsp3) is 0.250. The van der Waals surface area contributed by atoms with E-state index in [1.165, 1.54) is 16.7 Å². The van der Waals surface area contributed by atoms with E-state index in [1.807, 2.05) is 12.1 Å². The van der Waals surface area contributed by atoms with Gasteiger partial charge in [-0.1, -0.05) is 72.8 Å². The van der Waals surface area contributed by atoms with Gasteiger partial charge in [0.2, 0.25) is 0 Å². The van der Waals surface area contributed by atoms with Crippen molar-refractivity contribution in [2.24, 2.45) is 0 Å². The first-order valence-corrected chi connectivity index (χ1v) is 9.40. The van der Waals surface area contributed by atoms with Crippen LogP contribution >= 0.6 is 0 Å². The largest absolute Gasteiger partial charge is 0.493 e. The number of rotatable bonds is 10. The zero-order valence-electron chi connectivity index (χ0n) is 15.2. The zero-order chi connectivity index (χ0) is 17.9. The third-order valence-corrected chi connectivity index (χ3v) is 4.39. The molecule has 134 valence electrons. The van der Waals surface area contributed by atoms with Crippen molar-refractivity contribution in [2.45, 2.75) is 25.8 Å². The van der Waals surface area contributed by atoms with Crippen LogP contribution in [0.2, 0.25) is 0 Å². The highest BCUT2D eigenvalue weighted by molar-refractivity contribution is 5.28. The first kappa shape index (κ1) is 18.2. The number of nitrogens with one attached hydrogen (secondary N) is 1. The molecular weight excluding hydrogens is 318 g/mol.